The van der Waals surface area contributed by atoms with Gasteiger partial charge in [0.25, 0.3) is 5.89 Å². The summed E-state index contributed by atoms with van der Waals surface area (Å²) in [4.78, 5) is 4.43. The van der Waals surface area contributed by atoms with Crippen LogP contribution in [0.5, 0.6) is 0 Å². The highest BCUT2D eigenvalue weighted by Gasteiger charge is 2.19. The Balaban J connectivity index is 1.60. The van der Waals surface area contributed by atoms with E-state index in [9.17, 15) is 4.39 Å². The number of rotatable bonds is 5. The van der Waals surface area contributed by atoms with Crippen LogP contribution in [0.2, 0.25) is 0 Å². The van der Waals surface area contributed by atoms with Gasteiger partial charge in [-0.25, -0.2) is 4.39 Å². The van der Waals surface area contributed by atoms with E-state index < -0.39 is 0 Å². The van der Waals surface area contributed by atoms with Crippen LogP contribution in [0.25, 0.3) is 11.5 Å². The minimum atomic E-state index is -0.365. The second-order valence-corrected chi connectivity index (χ2v) is 5.32. The van der Waals surface area contributed by atoms with Crippen molar-refractivity contribution in [3.8, 4) is 11.5 Å². The number of hydrogen-bond acceptors (Lipinski definition) is 6. The lowest BCUT2D eigenvalue weighted by molar-refractivity contribution is 0.103. The molecule has 0 aliphatic carbocycles. The highest BCUT2D eigenvalue weighted by Crippen LogP contribution is 2.21. The topological polar surface area (TPSA) is 65.6 Å². The van der Waals surface area contributed by atoms with Gasteiger partial charge in [-0.15, -0.1) is 10.2 Å². The first-order valence-electron chi connectivity index (χ1n) is 7.39. The van der Waals surface area contributed by atoms with Gasteiger partial charge in [0, 0.05) is 32.7 Å². The normalized spacial score (nSPS) is 17.0. The van der Waals surface area contributed by atoms with Crippen LogP contribution in [-0.2, 0) is 6.54 Å². The second-order valence-electron chi connectivity index (χ2n) is 5.32. The first kappa shape index (κ1) is 15.1. The molecule has 0 radical (unpaired) electrons. The monoisotopic (exact) mass is 306 g/mol. The predicted octanol–water partition coefficient (Wildman–Crippen LogP) is 0.986. The van der Waals surface area contributed by atoms with Crippen molar-refractivity contribution < 1.29 is 13.9 Å². The molecule has 3 rings (SSSR count). The smallest absolute Gasteiger partial charge is 0.250 e. The molecular formula is C15H19FN4O2. The van der Waals surface area contributed by atoms with E-state index in [1.165, 1.54) is 6.07 Å². The van der Waals surface area contributed by atoms with Gasteiger partial charge < -0.3 is 9.52 Å². The number of aliphatic hydroxyl groups is 1. The molecular weight excluding hydrogens is 287 g/mol. The zero-order valence-electron chi connectivity index (χ0n) is 12.3. The van der Waals surface area contributed by atoms with E-state index in [0.29, 0.717) is 24.5 Å². The highest BCUT2D eigenvalue weighted by atomic mass is 19.1. The molecule has 0 unspecified atom stereocenters. The third kappa shape index (κ3) is 3.49. The third-order valence-corrected chi connectivity index (χ3v) is 3.81. The summed E-state index contributed by atoms with van der Waals surface area (Å²) in [5.41, 5.74) is 0.328. The number of aliphatic hydroxyl groups excluding tert-OH is 1. The first-order valence-corrected chi connectivity index (χ1v) is 7.39. The van der Waals surface area contributed by atoms with Crippen LogP contribution >= 0.6 is 0 Å². The van der Waals surface area contributed by atoms with Crippen molar-refractivity contribution in [2.45, 2.75) is 6.54 Å². The highest BCUT2D eigenvalue weighted by molar-refractivity contribution is 5.53. The number of hydrogen-bond donors (Lipinski definition) is 1. The number of piperazine rings is 1. The summed E-state index contributed by atoms with van der Waals surface area (Å²) in [5, 5.41) is 16.9. The van der Waals surface area contributed by atoms with E-state index in [1.807, 2.05) is 0 Å². The van der Waals surface area contributed by atoms with Crippen molar-refractivity contribution in [1.29, 1.82) is 0 Å². The Kier molecular flexibility index (Phi) is 4.77. The van der Waals surface area contributed by atoms with Gasteiger partial charge in [0.15, 0.2) is 0 Å². The summed E-state index contributed by atoms with van der Waals surface area (Å²) >= 11 is 0. The summed E-state index contributed by atoms with van der Waals surface area (Å²) in [6, 6.07) is 6.37. The molecule has 0 saturated carbocycles. The maximum atomic E-state index is 13.7. The van der Waals surface area contributed by atoms with E-state index >= 15 is 0 Å². The lowest BCUT2D eigenvalue weighted by Crippen LogP contribution is -2.46. The zero-order chi connectivity index (χ0) is 15.4. The molecule has 1 fully saturated rings. The molecule has 7 heteroatoms. The molecule has 1 aromatic carbocycles. The predicted molar refractivity (Wildman–Crippen MR) is 78.5 cm³/mol. The van der Waals surface area contributed by atoms with Crippen molar-refractivity contribution in [2.75, 3.05) is 39.3 Å². The van der Waals surface area contributed by atoms with E-state index in [4.69, 9.17) is 9.52 Å². The Hall–Kier alpha value is -1.83. The van der Waals surface area contributed by atoms with Crippen molar-refractivity contribution in [1.82, 2.24) is 20.0 Å². The van der Waals surface area contributed by atoms with Crippen LogP contribution in [0, 0.1) is 5.82 Å². The number of nitrogens with zero attached hydrogens (tertiary/aromatic N) is 4. The fraction of sp³-hybridized carbons (Fsp3) is 0.467. The maximum Gasteiger partial charge on any atom is 0.250 e. The lowest BCUT2D eigenvalue weighted by atomic mass is 10.2. The summed E-state index contributed by atoms with van der Waals surface area (Å²) in [5.74, 6) is 0.344. The van der Waals surface area contributed by atoms with Crippen LogP contribution in [0.15, 0.2) is 28.7 Å². The molecule has 0 spiro atoms. The molecule has 0 amide bonds. The molecule has 1 aromatic heterocycles. The van der Waals surface area contributed by atoms with Crippen molar-refractivity contribution in [3.63, 3.8) is 0 Å². The van der Waals surface area contributed by atoms with Crippen LogP contribution in [0.1, 0.15) is 5.89 Å². The minimum Gasteiger partial charge on any atom is -0.419 e. The molecule has 1 N–H and O–H groups in total. The lowest BCUT2D eigenvalue weighted by Gasteiger charge is -2.33. The summed E-state index contributed by atoms with van der Waals surface area (Å²) < 4.78 is 19.3. The fourth-order valence-corrected chi connectivity index (χ4v) is 2.56. The van der Waals surface area contributed by atoms with Gasteiger partial charge in [-0.3, -0.25) is 9.80 Å². The zero-order valence-corrected chi connectivity index (χ0v) is 12.3. The fourth-order valence-electron chi connectivity index (χ4n) is 2.56. The molecule has 0 atom stereocenters. The average Bonchev–Trinajstić information content (AvgIpc) is 2.98. The summed E-state index contributed by atoms with van der Waals surface area (Å²) in [6.45, 7) is 5.06. The van der Waals surface area contributed by atoms with Crippen molar-refractivity contribution >= 4 is 0 Å². The van der Waals surface area contributed by atoms with E-state index in [2.05, 4.69) is 20.0 Å². The number of benzene rings is 1. The van der Waals surface area contributed by atoms with E-state index in [-0.39, 0.29) is 18.3 Å². The van der Waals surface area contributed by atoms with Crippen LogP contribution < -0.4 is 0 Å². The Bertz CT molecular complexity index is 611. The van der Waals surface area contributed by atoms with Gasteiger partial charge >= 0.3 is 0 Å². The Morgan fingerprint density at radius 2 is 1.82 bits per heavy atom. The molecule has 0 bridgehead atoms. The maximum absolute atomic E-state index is 13.7. The minimum absolute atomic E-state index is 0.190. The van der Waals surface area contributed by atoms with Crippen LogP contribution in [-0.4, -0.2) is 64.4 Å². The molecule has 6 nitrogen and oxygen atoms in total. The summed E-state index contributed by atoms with van der Waals surface area (Å²) in [6.07, 6.45) is 0. The summed E-state index contributed by atoms with van der Waals surface area (Å²) in [7, 11) is 0. The quantitative estimate of drug-likeness (QED) is 0.888. The van der Waals surface area contributed by atoms with Crippen molar-refractivity contribution in [3.05, 3.63) is 36.0 Å². The third-order valence-electron chi connectivity index (χ3n) is 3.81. The molecule has 118 valence electrons. The molecule has 22 heavy (non-hydrogen) atoms. The Labute approximate surface area is 128 Å². The Morgan fingerprint density at radius 3 is 2.55 bits per heavy atom. The molecule has 1 saturated heterocycles. The van der Waals surface area contributed by atoms with E-state index in [0.717, 1.165) is 26.2 Å². The van der Waals surface area contributed by atoms with Gasteiger partial charge in [0.05, 0.1) is 18.7 Å². The molecule has 1 aliphatic heterocycles. The SMILES string of the molecule is OCCN1CCN(Cc2nnc(-c3ccccc3F)o2)CC1. The molecule has 1 aliphatic rings. The molecule has 2 aromatic rings. The van der Waals surface area contributed by atoms with Gasteiger partial charge in [-0.05, 0) is 12.1 Å². The first-order chi connectivity index (χ1) is 10.8. The van der Waals surface area contributed by atoms with Crippen LogP contribution in [0.3, 0.4) is 0 Å². The van der Waals surface area contributed by atoms with Gasteiger partial charge in [0.1, 0.15) is 5.82 Å². The number of aromatic nitrogens is 2. The number of halogens is 1. The van der Waals surface area contributed by atoms with Crippen LogP contribution in [0.4, 0.5) is 4.39 Å². The number of β-amino-alcohol motifs (C(OH)–C–C–N with tert-alkyl or cyclic N) is 1. The standard InChI is InChI=1S/C15H19FN4O2/c16-13-4-2-1-3-12(13)15-18-17-14(22-15)11-20-7-5-19(6-8-20)9-10-21/h1-4,21H,5-11H2. The molecule has 2 heterocycles. The van der Waals surface area contributed by atoms with Crippen molar-refractivity contribution in [2.24, 2.45) is 0 Å². The largest absolute Gasteiger partial charge is 0.419 e. The average molecular weight is 306 g/mol. The second kappa shape index (κ2) is 6.95. The van der Waals surface area contributed by atoms with Gasteiger partial charge in [-0.1, -0.05) is 12.1 Å². The van der Waals surface area contributed by atoms with Gasteiger partial charge in [-0.2, -0.15) is 0 Å². The van der Waals surface area contributed by atoms with Gasteiger partial charge in [0.2, 0.25) is 5.89 Å². The van der Waals surface area contributed by atoms with E-state index in [1.54, 1.807) is 18.2 Å². The Morgan fingerprint density at radius 1 is 1.09 bits per heavy atom.